The molecule has 1 aliphatic rings. The van der Waals surface area contributed by atoms with Gasteiger partial charge in [0.2, 0.25) is 5.91 Å². The third kappa shape index (κ3) is 2.51. The van der Waals surface area contributed by atoms with Crippen molar-refractivity contribution in [2.45, 2.75) is 6.42 Å². The van der Waals surface area contributed by atoms with Crippen LogP contribution in [0.2, 0.25) is 0 Å². The number of nitrogens with zero attached hydrogens (tertiary/aromatic N) is 2. The fourth-order valence-corrected chi connectivity index (χ4v) is 3.10. The number of rotatable bonds is 2. The molecule has 1 aliphatic heterocycles. The van der Waals surface area contributed by atoms with Crippen molar-refractivity contribution in [2.24, 2.45) is 5.92 Å². The summed E-state index contributed by atoms with van der Waals surface area (Å²) < 4.78 is 1.30. The molecule has 4 nitrogen and oxygen atoms in total. The summed E-state index contributed by atoms with van der Waals surface area (Å²) in [6.45, 7) is 0.684. The van der Waals surface area contributed by atoms with Gasteiger partial charge < -0.3 is 10.6 Å². The standard InChI is InChI=1S/C10H10Br3N3O/c11-2-5-1-7(17)16(4-5)9-6(12)3-15-10(13)8(9)14/h3,5H,1-2,4,14H2. The van der Waals surface area contributed by atoms with Crippen molar-refractivity contribution < 1.29 is 4.79 Å². The van der Waals surface area contributed by atoms with Crippen LogP contribution in [0.4, 0.5) is 11.4 Å². The molecule has 2 rings (SSSR count). The summed E-state index contributed by atoms with van der Waals surface area (Å²) >= 11 is 10.1. The zero-order valence-corrected chi connectivity index (χ0v) is 13.5. The second-order valence-corrected chi connectivity index (χ2v) is 6.14. The highest BCUT2D eigenvalue weighted by Gasteiger charge is 2.32. The summed E-state index contributed by atoms with van der Waals surface area (Å²) in [6, 6.07) is 0. The van der Waals surface area contributed by atoms with Gasteiger partial charge in [-0.25, -0.2) is 4.98 Å². The Bertz CT molecular complexity index is 466. The van der Waals surface area contributed by atoms with Crippen LogP contribution in [0.5, 0.6) is 0 Å². The highest BCUT2D eigenvalue weighted by Crippen LogP contribution is 2.38. The molecule has 92 valence electrons. The van der Waals surface area contributed by atoms with Crippen molar-refractivity contribution in [1.82, 2.24) is 4.98 Å². The van der Waals surface area contributed by atoms with E-state index < -0.39 is 0 Å². The van der Waals surface area contributed by atoms with Crippen LogP contribution in [0.3, 0.4) is 0 Å². The smallest absolute Gasteiger partial charge is 0.227 e. The van der Waals surface area contributed by atoms with Gasteiger partial charge in [-0.1, -0.05) is 15.9 Å². The molecule has 1 fully saturated rings. The lowest BCUT2D eigenvalue weighted by molar-refractivity contribution is -0.117. The van der Waals surface area contributed by atoms with Crippen LogP contribution in [0.15, 0.2) is 15.3 Å². The van der Waals surface area contributed by atoms with Crippen LogP contribution in [0, 0.1) is 5.92 Å². The third-order valence-electron chi connectivity index (χ3n) is 2.69. The number of pyridine rings is 1. The van der Waals surface area contributed by atoms with Gasteiger partial charge in [0.15, 0.2) is 0 Å². The normalized spacial score (nSPS) is 20.1. The van der Waals surface area contributed by atoms with Crippen molar-refractivity contribution in [1.29, 1.82) is 0 Å². The summed E-state index contributed by atoms with van der Waals surface area (Å²) in [7, 11) is 0. The molecule has 1 aromatic rings. The fourth-order valence-electron chi connectivity index (χ4n) is 1.85. The zero-order valence-electron chi connectivity index (χ0n) is 8.79. The predicted octanol–water partition coefficient (Wildman–Crippen LogP) is 2.94. The minimum Gasteiger partial charge on any atom is -0.395 e. The van der Waals surface area contributed by atoms with E-state index in [1.165, 1.54) is 0 Å². The number of alkyl halides is 1. The van der Waals surface area contributed by atoms with Gasteiger partial charge in [0, 0.05) is 24.5 Å². The van der Waals surface area contributed by atoms with E-state index >= 15 is 0 Å². The minimum atomic E-state index is 0.0972. The van der Waals surface area contributed by atoms with E-state index in [-0.39, 0.29) is 5.91 Å². The molecule has 1 saturated heterocycles. The Hall–Kier alpha value is -0.140. The first kappa shape index (κ1) is 13.3. The lowest BCUT2D eigenvalue weighted by atomic mass is 10.2. The zero-order chi connectivity index (χ0) is 12.6. The molecule has 0 aliphatic carbocycles. The maximum atomic E-state index is 12.0. The van der Waals surface area contributed by atoms with Crippen molar-refractivity contribution >= 4 is 65.1 Å². The highest BCUT2D eigenvalue weighted by molar-refractivity contribution is 9.11. The molecule has 0 spiro atoms. The Morgan fingerprint density at radius 1 is 1.53 bits per heavy atom. The topological polar surface area (TPSA) is 59.2 Å². The maximum Gasteiger partial charge on any atom is 0.227 e. The minimum absolute atomic E-state index is 0.0972. The largest absolute Gasteiger partial charge is 0.395 e. The lowest BCUT2D eigenvalue weighted by Crippen LogP contribution is -2.26. The maximum absolute atomic E-state index is 12.0. The van der Waals surface area contributed by atoms with Crippen LogP contribution < -0.4 is 10.6 Å². The van der Waals surface area contributed by atoms with Crippen molar-refractivity contribution in [3.8, 4) is 0 Å². The molecule has 0 aromatic carbocycles. The number of hydrogen-bond acceptors (Lipinski definition) is 3. The van der Waals surface area contributed by atoms with E-state index in [1.54, 1.807) is 11.1 Å². The molecule has 1 amide bonds. The van der Waals surface area contributed by atoms with Crippen LogP contribution in [-0.2, 0) is 4.79 Å². The van der Waals surface area contributed by atoms with E-state index in [9.17, 15) is 4.79 Å². The van der Waals surface area contributed by atoms with Gasteiger partial charge in [0.05, 0.1) is 15.8 Å². The van der Waals surface area contributed by atoms with Crippen LogP contribution in [-0.4, -0.2) is 22.8 Å². The predicted molar refractivity (Wildman–Crippen MR) is 78.3 cm³/mol. The molecule has 0 saturated carbocycles. The lowest BCUT2D eigenvalue weighted by Gasteiger charge is -2.20. The Balaban J connectivity index is 2.41. The van der Waals surface area contributed by atoms with Gasteiger partial charge in [-0.2, -0.15) is 0 Å². The van der Waals surface area contributed by atoms with E-state index in [0.717, 1.165) is 9.80 Å². The number of nitrogen functional groups attached to an aromatic ring is 1. The number of carbonyl (C=O) groups is 1. The summed E-state index contributed by atoms with van der Waals surface area (Å²) in [5.74, 6) is 0.431. The van der Waals surface area contributed by atoms with Crippen LogP contribution in [0.1, 0.15) is 6.42 Å². The van der Waals surface area contributed by atoms with E-state index in [1.807, 2.05) is 0 Å². The summed E-state index contributed by atoms with van der Waals surface area (Å²) in [5.41, 5.74) is 7.16. The first-order valence-corrected chi connectivity index (χ1v) is 7.71. The Morgan fingerprint density at radius 2 is 2.24 bits per heavy atom. The Morgan fingerprint density at radius 3 is 2.82 bits per heavy atom. The molecule has 17 heavy (non-hydrogen) atoms. The van der Waals surface area contributed by atoms with Gasteiger partial charge >= 0.3 is 0 Å². The summed E-state index contributed by atoms with van der Waals surface area (Å²) in [6.07, 6.45) is 2.20. The van der Waals surface area contributed by atoms with Gasteiger partial charge in [-0.15, -0.1) is 0 Å². The molecular weight excluding hydrogens is 418 g/mol. The summed E-state index contributed by atoms with van der Waals surface area (Å²) in [5, 5.41) is 0.818. The van der Waals surface area contributed by atoms with Crippen molar-refractivity contribution in [3.05, 3.63) is 15.3 Å². The van der Waals surface area contributed by atoms with Crippen molar-refractivity contribution in [3.63, 3.8) is 0 Å². The summed E-state index contributed by atoms with van der Waals surface area (Å²) in [4.78, 5) is 17.7. The third-order valence-corrected chi connectivity index (χ3v) is 4.82. The number of aromatic nitrogens is 1. The van der Waals surface area contributed by atoms with Gasteiger partial charge in [0.1, 0.15) is 4.60 Å². The monoisotopic (exact) mass is 425 g/mol. The van der Waals surface area contributed by atoms with E-state index in [0.29, 0.717) is 34.9 Å². The first-order chi connectivity index (χ1) is 8.04. The average Bonchev–Trinajstić information content (AvgIpc) is 2.66. The average molecular weight is 428 g/mol. The number of halogens is 3. The fraction of sp³-hybridized carbons (Fsp3) is 0.400. The number of hydrogen-bond donors (Lipinski definition) is 1. The molecule has 1 aromatic heterocycles. The number of nitrogens with two attached hydrogens (primary N) is 1. The number of amides is 1. The molecule has 1 atom stereocenters. The van der Waals surface area contributed by atoms with Gasteiger partial charge in [-0.3, -0.25) is 4.79 Å². The molecule has 2 N–H and O–H groups in total. The first-order valence-electron chi connectivity index (χ1n) is 5.00. The molecular formula is C10H10Br3N3O. The highest BCUT2D eigenvalue weighted by atomic mass is 79.9. The molecule has 7 heteroatoms. The Kier molecular flexibility index (Phi) is 4.10. The SMILES string of the molecule is Nc1c(Br)ncc(Br)c1N1CC(CBr)CC1=O. The number of anilines is 2. The second kappa shape index (κ2) is 5.24. The quantitative estimate of drug-likeness (QED) is 0.583. The van der Waals surface area contributed by atoms with Gasteiger partial charge in [0.25, 0.3) is 0 Å². The van der Waals surface area contributed by atoms with E-state index in [2.05, 4.69) is 52.8 Å². The molecule has 1 unspecified atom stereocenters. The second-order valence-electron chi connectivity index (χ2n) is 3.89. The van der Waals surface area contributed by atoms with Crippen LogP contribution in [0.25, 0.3) is 0 Å². The Labute approximate surface area is 124 Å². The van der Waals surface area contributed by atoms with E-state index in [4.69, 9.17) is 5.73 Å². The van der Waals surface area contributed by atoms with Crippen molar-refractivity contribution in [2.75, 3.05) is 22.5 Å². The number of carbonyl (C=O) groups excluding carboxylic acids is 1. The molecule has 2 heterocycles. The molecule has 0 bridgehead atoms. The van der Waals surface area contributed by atoms with Gasteiger partial charge in [-0.05, 0) is 37.8 Å². The van der Waals surface area contributed by atoms with Crippen LogP contribution >= 0.6 is 47.8 Å². The molecule has 0 radical (unpaired) electrons.